The van der Waals surface area contributed by atoms with Gasteiger partial charge in [-0.1, -0.05) is 12.1 Å². The lowest BCUT2D eigenvalue weighted by molar-refractivity contribution is -0.144. The van der Waals surface area contributed by atoms with Crippen LogP contribution >= 0.6 is 0 Å². The van der Waals surface area contributed by atoms with Crippen molar-refractivity contribution in [3.05, 3.63) is 45.9 Å². The Labute approximate surface area is 100.0 Å². The lowest BCUT2D eigenvalue weighted by Crippen LogP contribution is -2.26. The Bertz CT molecular complexity index is 543. The molecular formula is C11H10F3NO3. The topological polar surface area (TPSA) is 59.3 Å². The summed E-state index contributed by atoms with van der Waals surface area (Å²) in [7, 11) is 0. The molecule has 7 heteroatoms. The third-order valence-corrected chi connectivity index (χ3v) is 2.26. The van der Waals surface area contributed by atoms with Gasteiger partial charge in [0.25, 0.3) is 5.56 Å². The molecule has 0 amide bonds. The molecule has 0 unspecified atom stereocenters. The molecule has 0 aliphatic heterocycles. The number of nitrogens with zero attached hydrogens (tertiary/aromatic N) is 1. The Hall–Kier alpha value is -2.05. The van der Waals surface area contributed by atoms with E-state index in [0.717, 1.165) is 24.3 Å². The molecule has 1 heterocycles. The van der Waals surface area contributed by atoms with E-state index in [4.69, 9.17) is 5.11 Å². The van der Waals surface area contributed by atoms with Gasteiger partial charge < -0.3 is 9.67 Å². The highest BCUT2D eigenvalue weighted by Gasteiger charge is 2.33. The molecular weight excluding hydrogens is 251 g/mol. The summed E-state index contributed by atoms with van der Waals surface area (Å²) in [4.78, 5) is 21.9. The molecule has 0 bridgehead atoms. The fourth-order valence-electron chi connectivity index (χ4n) is 1.27. The van der Waals surface area contributed by atoms with Gasteiger partial charge in [0.05, 0.1) is 0 Å². The second-order valence-electron chi connectivity index (χ2n) is 3.55. The molecule has 0 aromatic carbocycles. The van der Waals surface area contributed by atoms with Gasteiger partial charge in [-0.25, -0.2) is 4.79 Å². The Morgan fingerprint density at radius 3 is 2.56 bits per heavy atom. The monoisotopic (exact) mass is 261 g/mol. The normalized spacial score (nSPS) is 12.6. The van der Waals surface area contributed by atoms with E-state index in [1.807, 2.05) is 0 Å². The predicted octanol–water partition coefficient (Wildman–Crippen LogP) is 1.90. The quantitative estimate of drug-likeness (QED) is 0.845. The SMILES string of the molecule is C/C(=C/Cn1c(C(F)(F)F)cccc1=O)C(=O)O. The maximum Gasteiger partial charge on any atom is 0.431 e. The van der Waals surface area contributed by atoms with Crippen molar-refractivity contribution in [2.45, 2.75) is 19.6 Å². The summed E-state index contributed by atoms with van der Waals surface area (Å²) in [6, 6.07) is 2.76. The predicted molar refractivity (Wildman–Crippen MR) is 57.1 cm³/mol. The van der Waals surface area contributed by atoms with Crippen LogP contribution in [0.15, 0.2) is 34.6 Å². The van der Waals surface area contributed by atoms with Crippen LogP contribution in [0.2, 0.25) is 0 Å². The highest BCUT2D eigenvalue weighted by Crippen LogP contribution is 2.28. The van der Waals surface area contributed by atoms with Gasteiger partial charge in [-0.2, -0.15) is 13.2 Å². The minimum Gasteiger partial charge on any atom is -0.478 e. The van der Waals surface area contributed by atoms with Gasteiger partial charge in [-0.3, -0.25) is 4.79 Å². The minimum atomic E-state index is -4.66. The van der Waals surface area contributed by atoms with E-state index < -0.39 is 29.9 Å². The molecule has 0 saturated carbocycles. The first-order chi connectivity index (χ1) is 8.23. The van der Waals surface area contributed by atoms with Crippen molar-refractivity contribution in [2.24, 2.45) is 0 Å². The average Bonchev–Trinajstić information content (AvgIpc) is 2.25. The number of hydrogen-bond donors (Lipinski definition) is 1. The molecule has 1 rings (SSSR count). The summed E-state index contributed by atoms with van der Waals surface area (Å²) < 4.78 is 38.3. The number of aliphatic carboxylic acids is 1. The smallest absolute Gasteiger partial charge is 0.431 e. The van der Waals surface area contributed by atoms with Crippen molar-refractivity contribution in [3.8, 4) is 0 Å². The van der Waals surface area contributed by atoms with Gasteiger partial charge in [-0.05, 0) is 13.0 Å². The van der Waals surface area contributed by atoms with E-state index in [0.29, 0.717) is 4.57 Å². The van der Waals surface area contributed by atoms with Crippen LogP contribution in [0.25, 0.3) is 0 Å². The summed E-state index contributed by atoms with van der Waals surface area (Å²) in [5.74, 6) is -1.24. The highest BCUT2D eigenvalue weighted by atomic mass is 19.4. The minimum absolute atomic E-state index is 0.126. The third-order valence-electron chi connectivity index (χ3n) is 2.26. The number of aromatic nitrogens is 1. The molecule has 4 nitrogen and oxygen atoms in total. The first kappa shape index (κ1) is 14.0. The van der Waals surface area contributed by atoms with Crippen molar-refractivity contribution in [2.75, 3.05) is 0 Å². The fourth-order valence-corrected chi connectivity index (χ4v) is 1.27. The average molecular weight is 261 g/mol. The lowest BCUT2D eigenvalue weighted by atomic mass is 10.2. The molecule has 1 N–H and O–H groups in total. The number of alkyl halides is 3. The Kier molecular flexibility index (Phi) is 3.95. The fraction of sp³-hybridized carbons (Fsp3) is 0.273. The van der Waals surface area contributed by atoms with Gasteiger partial charge in [-0.15, -0.1) is 0 Å². The maximum absolute atomic E-state index is 12.6. The van der Waals surface area contributed by atoms with Crippen molar-refractivity contribution >= 4 is 5.97 Å². The standard InChI is InChI=1S/C11H10F3NO3/c1-7(10(17)18)5-6-15-8(11(12,13)14)3-2-4-9(15)16/h2-5H,6H2,1H3,(H,17,18)/b7-5-. The van der Waals surface area contributed by atoms with Crippen LogP contribution in [0.4, 0.5) is 13.2 Å². The number of carboxylic acids is 1. The van der Waals surface area contributed by atoms with Crippen molar-refractivity contribution < 1.29 is 23.1 Å². The molecule has 0 aliphatic carbocycles. The summed E-state index contributed by atoms with van der Waals surface area (Å²) >= 11 is 0. The Morgan fingerprint density at radius 2 is 2.06 bits per heavy atom. The van der Waals surface area contributed by atoms with Crippen LogP contribution in [-0.2, 0) is 17.5 Å². The molecule has 0 atom stereocenters. The third kappa shape index (κ3) is 3.22. The number of pyridine rings is 1. The maximum atomic E-state index is 12.6. The zero-order valence-corrected chi connectivity index (χ0v) is 9.36. The molecule has 98 valence electrons. The van der Waals surface area contributed by atoms with E-state index in [9.17, 15) is 22.8 Å². The summed E-state index contributed by atoms with van der Waals surface area (Å²) in [5.41, 5.74) is -2.07. The van der Waals surface area contributed by atoms with E-state index in [1.54, 1.807) is 0 Å². The van der Waals surface area contributed by atoms with Gasteiger partial charge in [0.1, 0.15) is 5.69 Å². The lowest BCUT2D eigenvalue weighted by Gasteiger charge is -2.13. The molecule has 0 aliphatic rings. The second-order valence-corrected chi connectivity index (χ2v) is 3.55. The van der Waals surface area contributed by atoms with Crippen molar-refractivity contribution in [3.63, 3.8) is 0 Å². The number of carboxylic acid groups (broad SMARTS) is 1. The zero-order valence-electron chi connectivity index (χ0n) is 9.36. The Morgan fingerprint density at radius 1 is 1.44 bits per heavy atom. The zero-order chi connectivity index (χ0) is 13.9. The molecule has 0 fully saturated rings. The number of carbonyl (C=O) groups is 1. The van der Waals surface area contributed by atoms with Gasteiger partial charge >= 0.3 is 12.1 Å². The number of hydrogen-bond acceptors (Lipinski definition) is 2. The molecule has 18 heavy (non-hydrogen) atoms. The van der Waals surface area contributed by atoms with E-state index in [1.165, 1.54) is 6.92 Å². The molecule has 0 radical (unpaired) electrons. The van der Waals surface area contributed by atoms with Gasteiger partial charge in [0.15, 0.2) is 0 Å². The largest absolute Gasteiger partial charge is 0.478 e. The van der Waals surface area contributed by atoms with E-state index in [-0.39, 0.29) is 5.57 Å². The van der Waals surface area contributed by atoms with E-state index in [2.05, 4.69) is 0 Å². The van der Waals surface area contributed by atoms with Crippen LogP contribution in [0, 0.1) is 0 Å². The number of allylic oxidation sites excluding steroid dienone is 1. The van der Waals surface area contributed by atoms with Crippen molar-refractivity contribution in [1.29, 1.82) is 0 Å². The summed E-state index contributed by atoms with van der Waals surface area (Å²) in [6.45, 7) is 0.802. The van der Waals surface area contributed by atoms with Crippen molar-refractivity contribution in [1.82, 2.24) is 4.57 Å². The first-order valence-electron chi connectivity index (χ1n) is 4.90. The van der Waals surface area contributed by atoms with Crippen LogP contribution in [-0.4, -0.2) is 15.6 Å². The molecule has 1 aromatic heterocycles. The van der Waals surface area contributed by atoms with Crippen LogP contribution in [0.3, 0.4) is 0 Å². The number of halogens is 3. The van der Waals surface area contributed by atoms with Gasteiger partial charge in [0.2, 0.25) is 0 Å². The first-order valence-corrected chi connectivity index (χ1v) is 4.90. The van der Waals surface area contributed by atoms with Crippen LogP contribution < -0.4 is 5.56 Å². The second kappa shape index (κ2) is 5.07. The summed E-state index contributed by atoms with van der Waals surface area (Å²) in [6.07, 6.45) is -3.61. The van der Waals surface area contributed by atoms with Crippen LogP contribution in [0.1, 0.15) is 12.6 Å². The molecule has 1 aromatic rings. The van der Waals surface area contributed by atoms with Gasteiger partial charge in [0, 0.05) is 18.2 Å². The van der Waals surface area contributed by atoms with Crippen LogP contribution in [0.5, 0.6) is 0 Å². The Balaban J connectivity index is 3.21. The highest BCUT2D eigenvalue weighted by molar-refractivity contribution is 5.85. The van der Waals surface area contributed by atoms with E-state index >= 15 is 0 Å². The molecule has 0 saturated heterocycles. The summed E-state index contributed by atoms with van der Waals surface area (Å²) in [5, 5.41) is 8.58. The number of rotatable bonds is 3. The molecule has 0 spiro atoms.